The number of aliphatic hydroxyl groups is 2. The highest BCUT2D eigenvalue weighted by molar-refractivity contribution is 5.76. The number of unbranched alkanes of at least 4 members (excludes halogenated alkanes) is 40. The highest BCUT2D eigenvalue weighted by atomic mass is 16.5. The summed E-state index contributed by atoms with van der Waals surface area (Å²) in [4.78, 5) is 24.5. The van der Waals surface area contributed by atoms with Crippen LogP contribution >= 0.6 is 0 Å². The van der Waals surface area contributed by atoms with E-state index in [1.807, 2.05) is 0 Å². The molecule has 0 spiro atoms. The smallest absolute Gasteiger partial charge is 0.305 e. The number of amides is 1. The SMILES string of the molecule is CCCCCC/C=C\C/C=C\CCCCCCCCCC(=O)OCCCCCCCCCCCCCCCCCCCCCCCCC(=O)NC(CO)C(O)CCCCCCCCCCC. The molecule has 3 N–H and O–H groups in total. The van der Waals surface area contributed by atoms with Crippen LogP contribution in [0.4, 0.5) is 0 Å². The van der Waals surface area contributed by atoms with Crippen LogP contribution in [0, 0.1) is 0 Å². The fourth-order valence-electron chi connectivity index (χ4n) is 9.20. The fourth-order valence-corrected chi connectivity index (χ4v) is 9.20. The Morgan fingerprint density at radius 2 is 0.758 bits per heavy atom. The predicted octanol–water partition coefficient (Wildman–Crippen LogP) is 18.2. The van der Waals surface area contributed by atoms with E-state index in [4.69, 9.17) is 4.74 Å². The summed E-state index contributed by atoms with van der Waals surface area (Å²) in [5.41, 5.74) is 0. The monoisotopic (exact) mass is 930 g/mol. The number of aliphatic hydroxyl groups excluding tert-OH is 2. The van der Waals surface area contributed by atoms with Gasteiger partial charge in [0.1, 0.15) is 0 Å². The number of carbonyl (C=O) groups is 2. The van der Waals surface area contributed by atoms with E-state index in [0.29, 0.717) is 25.9 Å². The van der Waals surface area contributed by atoms with E-state index in [1.54, 1.807) is 0 Å². The number of nitrogens with one attached hydrogen (secondary N) is 1. The molecule has 390 valence electrons. The van der Waals surface area contributed by atoms with Crippen LogP contribution in [0.25, 0.3) is 0 Å². The largest absolute Gasteiger partial charge is 0.466 e. The molecule has 0 saturated carbocycles. The molecule has 0 aromatic rings. The number of allylic oxidation sites excluding steroid dienone is 4. The van der Waals surface area contributed by atoms with Crippen molar-refractivity contribution in [1.29, 1.82) is 0 Å². The van der Waals surface area contributed by atoms with Gasteiger partial charge < -0.3 is 20.3 Å². The van der Waals surface area contributed by atoms with Crippen LogP contribution in [-0.2, 0) is 14.3 Å². The summed E-state index contributed by atoms with van der Waals surface area (Å²) >= 11 is 0. The molecule has 0 bridgehead atoms. The van der Waals surface area contributed by atoms with Gasteiger partial charge in [-0.05, 0) is 57.8 Å². The van der Waals surface area contributed by atoms with Crippen molar-refractivity contribution in [2.24, 2.45) is 0 Å². The van der Waals surface area contributed by atoms with Gasteiger partial charge in [-0.25, -0.2) is 0 Å². The van der Waals surface area contributed by atoms with Crippen LogP contribution in [0.2, 0.25) is 0 Å². The van der Waals surface area contributed by atoms with Gasteiger partial charge in [0.25, 0.3) is 0 Å². The highest BCUT2D eigenvalue weighted by Crippen LogP contribution is 2.17. The highest BCUT2D eigenvalue weighted by Gasteiger charge is 2.20. The lowest BCUT2D eigenvalue weighted by molar-refractivity contribution is -0.143. The van der Waals surface area contributed by atoms with Gasteiger partial charge in [0.05, 0.1) is 25.4 Å². The number of rotatable bonds is 55. The fraction of sp³-hybridized carbons (Fsp3) is 0.900. The summed E-state index contributed by atoms with van der Waals surface area (Å²) in [7, 11) is 0. The summed E-state index contributed by atoms with van der Waals surface area (Å²) < 4.78 is 5.49. The molecular formula is C60H115NO5. The van der Waals surface area contributed by atoms with E-state index in [1.165, 1.54) is 238 Å². The first-order valence-electron chi connectivity index (χ1n) is 29.6. The van der Waals surface area contributed by atoms with Gasteiger partial charge in [-0.2, -0.15) is 0 Å². The van der Waals surface area contributed by atoms with Crippen molar-refractivity contribution < 1.29 is 24.5 Å². The van der Waals surface area contributed by atoms with Crippen LogP contribution in [0.5, 0.6) is 0 Å². The Morgan fingerprint density at radius 3 is 1.17 bits per heavy atom. The molecule has 0 heterocycles. The number of ether oxygens (including phenoxy) is 1. The maximum atomic E-state index is 12.4. The first-order valence-corrected chi connectivity index (χ1v) is 29.6. The minimum Gasteiger partial charge on any atom is -0.466 e. The first kappa shape index (κ1) is 64.3. The zero-order valence-corrected chi connectivity index (χ0v) is 44.4. The second-order valence-electron chi connectivity index (χ2n) is 20.3. The van der Waals surface area contributed by atoms with Gasteiger partial charge in [-0.15, -0.1) is 0 Å². The Labute approximate surface area is 411 Å². The minimum atomic E-state index is -0.662. The molecular weight excluding hydrogens is 815 g/mol. The zero-order chi connectivity index (χ0) is 47.9. The minimum absolute atomic E-state index is 0.00598. The maximum absolute atomic E-state index is 12.4. The Kier molecular flexibility index (Phi) is 54.5. The van der Waals surface area contributed by atoms with Crippen molar-refractivity contribution in [3.8, 4) is 0 Å². The summed E-state index contributed by atoms with van der Waals surface area (Å²) in [6.07, 6.45) is 67.6. The molecule has 6 nitrogen and oxygen atoms in total. The molecule has 0 rings (SSSR count). The van der Waals surface area contributed by atoms with Crippen LogP contribution in [0.3, 0.4) is 0 Å². The van der Waals surface area contributed by atoms with Crippen LogP contribution in [0.15, 0.2) is 24.3 Å². The van der Waals surface area contributed by atoms with Gasteiger partial charge >= 0.3 is 5.97 Å². The third kappa shape index (κ3) is 51.7. The van der Waals surface area contributed by atoms with Crippen LogP contribution < -0.4 is 5.32 Å². The molecule has 2 unspecified atom stereocenters. The van der Waals surface area contributed by atoms with Gasteiger partial charge in [0.15, 0.2) is 0 Å². The lowest BCUT2D eigenvalue weighted by atomic mass is 10.0. The molecule has 0 saturated heterocycles. The van der Waals surface area contributed by atoms with Gasteiger partial charge in [0.2, 0.25) is 5.91 Å². The maximum Gasteiger partial charge on any atom is 0.305 e. The summed E-state index contributed by atoms with van der Waals surface area (Å²) in [6, 6.07) is -0.539. The Morgan fingerprint density at radius 1 is 0.424 bits per heavy atom. The summed E-state index contributed by atoms with van der Waals surface area (Å²) in [5.74, 6) is -0.0310. The summed E-state index contributed by atoms with van der Waals surface area (Å²) in [5, 5.41) is 23.1. The standard InChI is InChI=1S/C60H115NO5/c1-3-5-7-9-11-13-14-15-16-17-25-28-31-34-38-42-46-50-54-60(65)66-55-51-47-43-39-35-32-29-26-23-21-19-18-20-22-24-27-30-33-37-41-45-49-53-59(64)61-57(56-62)58(63)52-48-44-40-36-12-10-8-6-4-2/h13-14,16-17,57-58,62-63H,3-12,15,18-56H2,1-2H3,(H,61,64)/b14-13-,17-16-. The molecule has 0 fully saturated rings. The number of hydrogen-bond acceptors (Lipinski definition) is 5. The van der Waals surface area contributed by atoms with E-state index in [9.17, 15) is 19.8 Å². The average molecular weight is 931 g/mol. The molecule has 6 heteroatoms. The number of hydrogen-bond donors (Lipinski definition) is 3. The van der Waals surface area contributed by atoms with Crippen molar-refractivity contribution in [2.75, 3.05) is 13.2 Å². The van der Waals surface area contributed by atoms with E-state index in [2.05, 4.69) is 43.5 Å². The normalized spacial score (nSPS) is 12.7. The van der Waals surface area contributed by atoms with E-state index in [-0.39, 0.29) is 18.5 Å². The molecule has 0 aromatic carbocycles. The molecule has 0 radical (unpaired) electrons. The average Bonchev–Trinajstić information content (AvgIpc) is 3.32. The summed E-state index contributed by atoms with van der Waals surface area (Å²) in [6.45, 7) is 4.92. The Balaban J connectivity index is 3.34. The number of esters is 1. The van der Waals surface area contributed by atoms with Gasteiger partial charge in [-0.3, -0.25) is 9.59 Å². The lowest BCUT2D eigenvalue weighted by Gasteiger charge is -2.22. The zero-order valence-electron chi connectivity index (χ0n) is 44.4. The first-order chi connectivity index (χ1) is 32.5. The van der Waals surface area contributed by atoms with Gasteiger partial charge in [-0.1, -0.05) is 276 Å². The van der Waals surface area contributed by atoms with E-state index >= 15 is 0 Å². The topological polar surface area (TPSA) is 95.9 Å². The molecule has 0 aliphatic carbocycles. The Bertz CT molecular complexity index is 1030. The third-order valence-electron chi connectivity index (χ3n) is 13.8. The van der Waals surface area contributed by atoms with Crippen molar-refractivity contribution in [3.05, 3.63) is 24.3 Å². The van der Waals surface area contributed by atoms with Crippen LogP contribution in [-0.4, -0.2) is 47.4 Å². The second kappa shape index (κ2) is 55.9. The molecule has 2 atom stereocenters. The molecule has 0 aliphatic heterocycles. The van der Waals surface area contributed by atoms with E-state index < -0.39 is 12.1 Å². The van der Waals surface area contributed by atoms with Crippen molar-refractivity contribution >= 4 is 11.9 Å². The molecule has 0 aromatic heterocycles. The molecule has 66 heavy (non-hydrogen) atoms. The second-order valence-corrected chi connectivity index (χ2v) is 20.3. The van der Waals surface area contributed by atoms with Crippen molar-refractivity contribution in [2.45, 2.75) is 334 Å². The molecule has 0 aliphatic rings. The van der Waals surface area contributed by atoms with E-state index in [0.717, 1.165) is 51.4 Å². The predicted molar refractivity (Wildman–Crippen MR) is 287 cm³/mol. The van der Waals surface area contributed by atoms with Gasteiger partial charge in [0, 0.05) is 12.8 Å². The van der Waals surface area contributed by atoms with Crippen LogP contribution in [0.1, 0.15) is 322 Å². The molecule has 1 amide bonds. The van der Waals surface area contributed by atoms with Crippen molar-refractivity contribution in [1.82, 2.24) is 5.32 Å². The lowest BCUT2D eigenvalue weighted by Crippen LogP contribution is -2.45. The third-order valence-corrected chi connectivity index (χ3v) is 13.8. The van der Waals surface area contributed by atoms with Crippen molar-refractivity contribution in [3.63, 3.8) is 0 Å². The number of carbonyl (C=O) groups excluding carboxylic acids is 2. The quantitative estimate of drug-likeness (QED) is 0.0321. The Hall–Kier alpha value is -1.66.